The van der Waals surface area contributed by atoms with Gasteiger partial charge in [-0.1, -0.05) is 30.3 Å². The summed E-state index contributed by atoms with van der Waals surface area (Å²) >= 11 is 1.57. The minimum absolute atomic E-state index is 0.118. The molecule has 0 unspecified atom stereocenters. The lowest BCUT2D eigenvalue weighted by molar-refractivity contribution is -0.135. The molecular formula is C20H22N4O3S. The van der Waals surface area contributed by atoms with Gasteiger partial charge in [-0.3, -0.25) is 9.69 Å². The Morgan fingerprint density at radius 3 is 2.71 bits per heavy atom. The minimum Gasteiger partial charge on any atom is -0.480 e. The minimum atomic E-state index is -0.888. The molecule has 7 nitrogen and oxygen atoms in total. The molecule has 1 aromatic carbocycles. The van der Waals surface area contributed by atoms with Crippen molar-refractivity contribution in [3.8, 4) is 11.1 Å². The predicted octanol–water partition coefficient (Wildman–Crippen LogP) is 2.71. The van der Waals surface area contributed by atoms with E-state index in [0.717, 1.165) is 34.4 Å². The summed E-state index contributed by atoms with van der Waals surface area (Å²) in [6.07, 6.45) is 0. The quantitative estimate of drug-likeness (QED) is 0.684. The number of aromatic nitrogens is 2. The lowest BCUT2D eigenvalue weighted by Crippen LogP contribution is -2.36. The van der Waals surface area contributed by atoms with Crippen molar-refractivity contribution in [3.05, 3.63) is 41.5 Å². The number of aliphatic carboxylic acids is 1. The van der Waals surface area contributed by atoms with E-state index in [1.165, 1.54) is 0 Å². The number of likely N-dealkylation sites (N-methyl/N-ethyl adjacent to an activating group) is 1. The van der Waals surface area contributed by atoms with Crippen LogP contribution in [0.25, 0.3) is 21.3 Å². The first-order valence-electron chi connectivity index (χ1n) is 9.18. The first-order valence-corrected chi connectivity index (χ1v) is 10.1. The molecule has 0 bridgehead atoms. The molecule has 2 aromatic heterocycles. The van der Waals surface area contributed by atoms with Gasteiger partial charge in [0.2, 0.25) is 0 Å². The number of benzene rings is 1. The number of thiophene rings is 1. The molecule has 0 spiro atoms. The van der Waals surface area contributed by atoms with Crippen molar-refractivity contribution in [2.24, 2.45) is 0 Å². The lowest BCUT2D eigenvalue weighted by Gasteiger charge is -2.26. The third-order valence-electron chi connectivity index (χ3n) is 4.75. The number of hydrogen-bond donors (Lipinski definition) is 1. The standard InChI is InChI=1S/C20H22N4O3S/c1-23(12-17(25)26)19-18-15(14-5-3-2-4-6-14)13-28-20(18)22-16(21-19)11-24-7-9-27-10-8-24/h2-6,13H,7-12H2,1H3,(H,25,26). The van der Waals surface area contributed by atoms with Gasteiger partial charge in [-0.05, 0) is 5.56 Å². The molecule has 146 valence electrons. The van der Waals surface area contributed by atoms with Crippen LogP contribution in [0.15, 0.2) is 35.7 Å². The number of rotatable bonds is 6. The van der Waals surface area contributed by atoms with Crippen LogP contribution in [0.1, 0.15) is 5.82 Å². The van der Waals surface area contributed by atoms with Crippen molar-refractivity contribution < 1.29 is 14.6 Å². The Labute approximate surface area is 167 Å². The van der Waals surface area contributed by atoms with Crippen LogP contribution in [0.4, 0.5) is 5.82 Å². The van der Waals surface area contributed by atoms with Gasteiger partial charge in [0, 0.05) is 31.1 Å². The molecule has 0 aliphatic carbocycles. The molecular weight excluding hydrogens is 376 g/mol. The van der Waals surface area contributed by atoms with Crippen molar-refractivity contribution in [2.75, 3.05) is 44.8 Å². The highest BCUT2D eigenvalue weighted by Crippen LogP contribution is 2.38. The number of fused-ring (bicyclic) bond motifs is 1. The summed E-state index contributed by atoms with van der Waals surface area (Å²) in [4.78, 5) is 25.7. The zero-order valence-electron chi connectivity index (χ0n) is 15.7. The largest absolute Gasteiger partial charge is 0.480 e. The molecule has 0 radical (unpaired) electrons. The van der Waals surface area contributed by atoms with Crippen LogP contribution in [0.2, 0.25) is 0 Å². The summed E-state index contributed by atoms with van der Waals surface area (Å²) in [7, 11) is 1.76. The normalized spacial score (nSPS) is 15.0. The first-order chi connectivity index (χ1) is 13.6. The maximum Gasteiger partial charge on any atom is 0.323 e. The first kappa shape index (κ1) is 18.8. The van der Waals surface area contributed by atoms with E-state index in [4.69, 9.17) is 14.7 Å². The van der Waals surface area contributed by atoms with Gasteiger partial charge in [0.15, 0.2) is 0 Å². The fraction of sp³-hybridized carbons (Fsp3) is 0.350. The summed E-state index contributed by atoms with van der Waals surface area (Å²) in [5.41, 5.74) is 2.11. The zero-order chi connectivity index (χ0) is 19.5. The van der Waals surface area contributed by atoms with Crippen molar-refractivity contribution in [2.45, 2.75) is 6.54 Å². The molecule has 1 N–H and O–H groups in total. The van der Waals surface area contributed by atoms with Gasteiger partial charge in [0.25, 0.3) is 0 Å². The second-order valence-electron chi connectivity index (χ2n) is 6.80. The highest BCUT2D eigenvalue weighted by atomic mass is 32.1. The zero-order valence-corrected chi connectivity index (χ0v) is 16.5. The predicted molar refractivity (Wildman–Crippen MR) is 110 cm³/mol. The topological polar surface area (TPSA) is 78.8 Å². The number of anilines is 1. The Bertz CT molecular complexity index is 970. The van der Waals surface area contributed by atoms with Crippen LogP contribution >= 0.6 is 11.3 Å². The Hall–Kier alpha value is -2.55. The Balaban J connectivity index is 1.78. The van der Waals surface area contributed by atoms with Crippen molar-refractivity contribution in [1.29, 1.82) is 0 Å². The molecule has 1 aliphatic heterocycles. The van der Waals surface area contributed by atoms with Gasteiger partial charge in [0.1, 0.15) is 23.0 Å². The summed E-state index contributed by atoms with van der Waals surface area (Å²) < 4.78 is 5.41. The number of ether oxygens (including phenoxy) is 1. The molecule has 0 amide bonds. The third kappa shape index (κ3) is 3.99. The van der Waals surface area contributed by atoms with E-state index in [1.54, 1.807) is 23.3 Å². The highest BCUT2D eigenvalue weighted by molar-refractivity contribution is 7.17. The van der Waals surface area contributed by atoms with E-state index in [9.17, 15) is 9.90 Å². The van der Waals surface area contributed by atoms with Crippen molar-refractivity contribution >= 4 is 33.3 Å². The summed E-state index contributed by atoms with van der Waals surface area (Å²) in [5.74, 6) is 0.486. The molecule has 3 heterocycles. The summed E-state index contributed by atoms with van der Waals surface area (Å²) in [6, 6.07) is 10.1. The van der Waals surface area contributed by atoms with Gasteiger partial charge in [-0.2, -0.15) is 0 Å². The van der Waals surface area contributed by atoms with Crippen LogP contribution in [0.3, 0.4) is 0 Å². The number of carbonyl (C=O) groups is 1. The van der Waals surface area contributed by atoms with Gasteiger partial charge in [0.05, 0.1) is 25.1 Å². The summed E-state index contributed by atoms with van der Waals surface area (Å²) in [6.45, 7) is 3.64. The fourth-order valence-electron chi connectivity index (χ4n) is 3.38. The van der Waals surface area contributed by atoms with Gasteiger partial charge in [-0.15, -0.1) is 11.3 Å². The smallest absolute Gasteiger partial charge is 0.323 e. The SMILES string of the molecule is CN(CC(=O)O)c1nc(CN2CCOCC2)nc2scc(-c3ccccc3)c12. The Kier molecular flexibility index (Phi) is 5.52. The van der Waals surface area contributed by atoms with Crippen molar-refractivity contribution in [1.82, 2.24) is 14.9 Å². The molecule has 4 rings (SSSR count). The maximum absolute atomic E-state index is 11.3. The molecule has 3 aromatic rings. The van der Waals surface area contributed by atoms with Crippen LogP contribution < -0.4 is 4.90 Å². The average molecular weight is 398 g/mol. The Morgan fingerprint density at radius 1 is 1.25 bits per heavy atom. The monoisotopic (exact) mass is 398 g/mol. The molecule has 8 heteroatoms. The third-order valence-corrected chi connectivity index (χ3v) is 5.62. The van der Waals surface area contributed by atoms with Gasteiger partial charge >= 0.3 is 5.97 Å². The fourth-order valence-corrected chi connectivity index (χ4v) is 4.34. The van der Waals surface area contributed by atoms with Crippen LogP contribution in [-0.4, -0.2) is 65.8 Å². The molecule has 1 aliphatic rings. The number of carboxylic acid groups (broad SMARTS) is 1. The molecule has 0 saturated carbocycles. The molecule has 1 fully saturated rings. The maximum atomic E-state index is 11.3. The van der Waals surface area contributed by atoms with Crippen molar-refractivity contribution in [3.63, 3.8) is 0 Å². The second-order valence-corrected chi connectivity index (χ2v) is 7.66. The van der Waals surface area contributed by atoms with Gasteiger partial charge < -0.3 is 14.7 Å². The lowest BCUT2D eigenvalue weighted by atomic mass is 10.1. The number of carboxylic acids is 1. The molecule has 28 heavy (non-hydrogen) atoms. The average Bonchev–Trinajstić information content (AvgIpc) is 3.12. The summed E-state index contributed by atoms with van der Waals surface area (Å²) in [5, 5.41) is 12.3. The molecule has 0 atom stereocenters. The van der Waals surface area contributed by atoms with E-state index >= 15 is 0 Å². The van der Waals surface area contributed by atoms with E-state index in [1.807, 2.05) is 30.3 Å². The van der Waals surface area contributed by atoms with Crippen LogP contribution in [-0.2, 0) is 16.1 Å². The highest BCUT2D eigenvalue weighted by Gasteiger charge is 2.21. The van der Waals surface area contributed by atoms with Crippen LogP contribution in [0, 0.1) is 0 Å². The van der Waals surface area contributed by atoms with E-state index in [-0.39, 0.29) is 6.54 Å². The molecule has 1 saturated heterocycles. The Morgan fingerprint density at radius 2 is 2.00 bits per heavy atom. The number of morpholine rings is 1. The second kappa shape index (κ2) is 8.22. The van der Waals surface area contributed by atoms with E-state index < -0.39 is 5.97 Å². The van der Waals surface area contributed by atoms with Gasteiger partial charge in [-0.25, -0.2) is 9.97 Å². The number of hydrogen-bond acceptors (Lipinski definition) is 7. The number of nitrogens with zero attached hydrogens (tertiary/aromatic N) is 4. The van der Waals surface area contributed by atoms with E-state index in [2.05, 4.69) is 10.3 Å². The van der Waals surface area contributed by atoms with E-state index in [0.29, 0.717) is 31.4 Å². The van der Waals surface area contributed by atoms with Crippen LogP contribution in [0.5, 0.6) is 0 Å².